The second-order valence-corrected chi connectivity index (χ2v) is 7.55. The molecule has 2 heterocycles. The van der Waals surface area contributed by atoms with Crippen LogP contribution in [0.25, 0.3) is 5.65 Å². The molecule has 5 heteroatoms. The first-order valence-corrected chi connectivity index (χ1v) is 8.45. The zero-order valence-corrected chi connectivity index (χ0v) is 15.3. The summed E-state index contributed by atoms with van der Waals surface area (Å²) in [6.07, 6.45) is 1.39. The highest BCUT2D eigenvalue weighted by molar-refractivity contribution is 5.53. The largest absolute Gasteiger partial charge is 0.280 e. The monoisotopic (exact) mass is 338 g/mol. The summed E-state index contributed by atoms with van der Waals surface area (Å²) in [5.74, 6) is 0.413. The molecule has 25 heavy (non-hydrogen) atoms. The predicted molar refractivity (Wildman–Crippen MR) is 98.6 cm³/mol. The van der Waals surface area contributed by atoms with E-state index in [0.29, 0.717) is 11.5 Å². The molecular formula is C20H23FN4. The Hall–Kier alpha value is -2.56. The van der Waals surface area contributed by atoms with Gasteiger partial charge in [0.1, 0.15) is 11.5 Å². The number of aromatic nitrogens is 2. The molecule has 4 nitrogen and oxygen atoms in total. The van der Waals surface area contributed by atoms with E-state index in [1.807, 2.05) is 26.0 Å². The van der Waals surface area contributed by atoms with Crippen LogP contribution in [0.15, 0.2) is 52.8 Å². The van der Waals surface area contributed by atoms with Crippen LogP contribution in [-0.2, 0) is 5.41 Å². The topological polar surface area (TPSA) is 42.0 Å². The first-order valence-electron chi connectivity index (χ1n) is 8.45. The Bertz CT molecular complexity index is 915. The lowest BCUT2D eigenvalue weighted by molar-refractivity contribution is 0.590. The minimum Gasteiger partial charge on any atom is -0.280 e. The van der Waals surface area contributed by atoms with Crippen molar-refractivity contribution in [3.8, 4) is 0 Å². The molecule has 0 N–H and O–H groups in total. The van der Waals surface area contributed by atoms with Gasteiger partial charge in [0.15, 0.2) is 5.82 Å². The number of azo groups is 1. The first kappa shape index (κ1) is 17.3. The Morgan fingerprint density at radius 3 is 2.28 bits per heavy atom. The third-order valence-corrected chi connectivity index (χ3v) is 4.12. The molecule has 0 fully saturated rings. The molecule has 3 aromatic rings. The zero-order valence-electron chi connectivity index (χ0n) is 15.3. The van der Waals surface area contributed by atoms with Crippen LogP contribution in [-0.4, -0.2) is 9.38 Å². The van der Waals surface area contributed by atoms with E-state index in [4.69, 9.17) is 0 Å². The van der Waals surface area contributed by atoms with E-state index in [0.717, 1.165) is 11.4 Å². The van der Waals surface area contributed by atoms with Crippen molar-refractivity contribution < 1.29 is 4.39 Å². The molecule has 2 aromatic heterocycles. The van der Waals surface area contributed by atoms with Crippen LogP contribution >= 0.6 is 0 Å². The van der Waals surface area contributed by atoms with Crippen molar-refractivity contribution in [1.82, 2.24) is 9.38 Å². The molecular weight excluding hydrogens is 315 g/mol. The molecule has 0 bridgehead atoms. The minimum absolute atomic E-state index is 0.0969. The average Bonchev–Trinajstić information content (AvgIpc) is 2.90. The summed E-state index contributed by atoms with van der Waals surface area (Å²) in [4.78, 5) is 4.55. The molecule has 0 saturated heterocycles. The molecule has 0 aliphatic rings. The van der Waals surface area contributed by atoms with E-state index in [-0.39, 0.29) is 17.2 Å². The molecule has 0 amide bonds. The maximum absolute atomic E-state index is 13.6. The normalized spacial score (nSPS) is 12.6. The van der Waals surface area contributed by atoms with Gasteiger partial charge < -0.3 is 0 Å². The van der Waals surface area contributed by atoms with Crippen LogP contribution < -0.4 is 0 Å². The highest BCUT2D eigenvalue weighted by atomic mass is 19.1. The van der Waals surface area contributed by atoms with Crippen molar-refractivity contribution in [3.63, 3.8) is 0 Å². The molecule has 0 spiro atoms. The summed E-state index contributed by atoms with van der Waals surface area (Å²) in [5, 5.41) is 8.71. The molecule has 0 aliphatic carbocycles. The predicted octanol–water partition coefficient (Wildman–Crippen LogP) is 6.31. The lowest BCUT2D eigenvalue weighted by atomic mass is 9.87. The summed E-state index contributed by atoms with van der Waals surface area (Å²) in [7, 11) is 0. The quantitative estimate of drug-likeness (QED) is 0.516. The van der Waals surface area contributed by atoms with Gasteiger partial charge in [0.25, 0.3) is 0 Å². The number of imidazole rings is 1. The number of pyridine rings is 1. The minimum atomic E-state index is -0.328. The average molecular weight is 338 g/mol. The van der Waals surface area contributed by atoms with Gasteiger partial charge in [0, 0.05) is 6.20 Å². The van der Waals surface area contributed by atoms with Crippen molar-refractivity contribution >= 4 is 17.2 Å². The van der Waals surface area contributed by atoms with Crippen molar-refractivity contribution in [1.29, 1.82) is 0 Å². The van der Waals surface area contributed by atoms with Gasteiger partial charge in [0.2, 0.25) is 0 Å². The van der Waals surface area contributed by atoms with E-state index >= 15 is 0 Å². The van der Waals surface area contributed by atoms with Crippen molar-refractivity contribution in [3.05, 3.63) is 59.7 Å². The lowest BCUT2D eigenvalue weighted by Gasteiger charge is -2.18. The summed E-state index contributed by atoms with van der Waals surface area (Å²) in [5.41, 5.74) is 3.57. The Balaban J connectivity index is 2.00. The van der Waals surface area contributed by atoms with E-state index < -0.39 is 0 Å². The first-order chi connectivity index (χ1) is 11.8. The molecule has 0 aliphatic heterocycles. The second-order valence-electron chi connectivity index (χ2n) is 7.55. The van der Waals surface area contributed by atoms with Crippen molar-refractivity contribution in [2.24, 2.45) is 10.2 Å². The Morgan fingerprint density at radius 1 is 1.00 bits per heavy atom. The lowest BCUT2D eigenvalue weighted by Crippen LogP contribution is -2.10. The fraction of sp³-hybridized carbons (Fsp3) is 0.350. The molecule has 3 rings (SSSR count). The maximum Gasteiger partial charge on any atom is 0.183 e. The van der Waals surface area contributed by atoms with Gasteiger partial charge in [-0.3, -0.25) is 4.40 Å². The van der Waals surface area contributed by atoms with E-state index in [9.17, 15) is 4.39 Å². The van der Waals surface area contributed by atoms with Gasteiger partial charge in [-0.05, 0) is 41.2 Å². The number of hydrogen-bond donors (Lipinski definition) is 0. The number of hydrogen-bond acceptors (Lipinski definition) is 3. The Morgan fingerprint density at radius 2 is 1.68 bits per heavy atom. The standard InChI is InChI=1S/C20H23FN4/c1-13(2)18-19(25-12-15(21)8-11-17(25)22-18)24-23-16-9-6-14(7-10-16)20(3,4)5/h6-13H,1-5H3. The van der Waals surface area contributed by atoms with Gasteiger partial charge in [-0.2, -0.15) is 0 Å². The van der Waals surface area contributed by atoms with Gasteiger partial charge >= 0.3 is 0 Å². The molecule has 0 atom stereocenters. The van der Waals surface area contributed by atoms with Gasteiger partial charge in [0.05, 0.1) is 11.4 Å². The third-order valence-electron chi connectivity index (χ3n) is 4.12. The molecule has 0 radical (unpaired) electrons. The van der Waals surface area contributed by atoms with Gasteiger partial charge in [-0.15, -0.1) is 10.2 Å². The number of benzene rings is 1. The molecule has 0 unspecified atom stereocenters. The van der Waals surface area contributed by atoms with Crippen molar-refractivity contribution in [2.75, 3.05) is 0 Å². The SMILES string of the molecule is CC(C)c1nc2ccc(F)cn2c1N=Nc1ccc(C(C)(C)C)cc1. The Labute approximate surface area is 147 Å². The highest BCUT2D eigenvalue weighted by Gasteiger charge is 2.16. The summed E-state index contributed by atoms with van der Waals surface area (Å²) >= 11 is 0. The van der Waals surface area contributed by atoms with Crippen LogP contribution in [0.3, 0.4) is 0 Å². The third kappa shape index (κ3) is 3.60. The van der Waals surface area contributed by atoms with E-state index in [1.165, 1.54) is 17.8 Å². The molecule has 0 saturated carbocycles. The van der Waals surface area contributed by atoms with Crippen LogP contribution in [0.5, 0.6) is 0 Å². The van der Waals surface area contributed by atoms with E-state index in [2.05, 4.69) is 48.1 Å². The van der Waals surface area contributed by atoms with Crippen LogP contribution in [0.1, 0.15) is 51.8 Å². The zero-order chi connectivity index (χ0) is 18.2. The van der Waals surface area contributed by atoms with Crippen LogP contribution in [0, 0.1) is 5.82 Å². The maximum atomic E-state index is 13.6. The van der Waals surface area contributed by atoms with Crippen molar-refractivity contribution in [2.45, 2.75) is 46.0 Å². The van der Waals surface area contributed by atoms with Gasteiger partial charge in [-0.1, -0.05) is 46.8 Å². The Kier molecular flexibility index (Phi) is 4.41. The number of fused-ring (bicyclic) bond motifs is 1. The van der Waals surface area contributed by atoms with Gasteiger partial charge in [-0.25, -0.2) is 9.37 Å². The number of halogens is 1. The van der Waals surface area contributed by atoms with Crippen LogP contribution in [0.4, 0.5) is 15.9 Å². The fourth-order valence-corrected chi connectivity index (χ4v) is 2.64. The van der Waals surface area contributed by atoms with Crippen LogP contribution in [0.2, 0.25) is 0 Å². The summed E-state index contributed by atoms with van der Waals surface area (Å²) in [6.45, 7) is 10.6. The smallest absolute Gasteiger partial charge is 0.183 e. The van der Waals surface area contributed by atoms with E-state index in [1.54, 1.807) is 10.5 Å². The molecule has 130 valence electrons. The number of nitrogens with zero attached hydrogens (tertiary/aromatic N) is 4. The number of rotatable bonds is 3. The fourth-order valence-electron chi connectivity index (χ4n) is 2.64. The summed E-state index contributed by atoms with van der Waals surface area (Å²) in [6, 6.07) is 11.1. The summed E-state index contributed by atoms with van der Waals surface area (Å²) < 4.78 is 15.3. The highest BCUT2D eigenvalue weighted by Crippen LogP contribution is 2.30. The second kappa shape index (κ2) is 6.39. The molecule has 1 aromatic carbocycles.